The van der Waals surface area contributed by atoms with Crippen molar-refractivity contribution in [1.82, 2.24) is 9.97 Å². The summed E-state index contributed by atoms with van der Waals surface area (Å²) in [7, 11) is 0. The summed E-state index contributed by atoms with van der Waals surface area (Å²) in [6.07, 6.45) is 0.727. The average Bonchev–Trinajstić information content (AvgIpc) is 2.37. The van der Waals surface area contributed by atoms with Crippen LogP contribution in [0.15, 0.2) is 30.3 Å². The number of nitrogens with zero attached hydrogens (tertiary/aromatic N) is 2. The van der Waals surface area contributed by atoms with Gasteiger partial charge in [-0.1, -0.05) is 39.8 Å². The van der Waals surface area contributed by atoms with Gasteiger partial charge in [-0.15, -0.1) is 0 Å². The van der Waals surface area contributed by atoms with E-state index in [0.29, 0.717) is 17.5 Å². The molecule has 106 valence electrons. The molecule has 2 N–H and O–H groups in total. The van der Waals surface area contributed by atoms with Crippen molar-refractivity contribution in [3.8, 4) is 11.6 Å². The van der Waals surface area contributed by atoms with Crippen molar-refractivity contribution in [2.75, 3.05) is 5.73 Å². The summed E-state index contributed by atoms with van der Waals surface area (Å²) in [5, 5.41) is 0. The highest BCUT2D eigenvalue weighted by atomic mass is 16.5. The van der Waals surface area contributed by atoms with Gasteiger partial charge in [0.25, 0.3) is 0 Å². The van der Waals surface area contributed by atoms with Crippen LogP contribution in [-0.4, -0.2) is 9.97 Å². The largest absolute Gasteiger partial charge is 0.439 e. The number of anilines is 1. The topological polar surface area (TPSA) is 61.0 Å². The molecule has 0 fully saturated rings. The van der Waals surface area contributed by atoms with E-state index in [1.807, 2.05) is 19.1 Å². The van der Waals surface area contributed by atoms with Gasteiger partial charge in [0.1, 0.15) is 17.4 Å². The van der Waals surface area contributed by atoms with E-state index in [0.717, 1.165) is 12.2 Å². The van der Waals surface area contributed by atoms with Crippen molar-refractivity contribution >= 4 is 5.82 Å². The molecule has 20 heavy (non-hydrogen) atoms. The van der Waals surface area contributed by atoms with E-state index in [2.05, 4.69) is 42.9 Å². The molecule has 1 aromatic heterocycles. The Bertz CT molecular complexity index is 586. The van der Waals surface area contributed by atoms with E-state index in [-0.39, 0.29) is 5.41 Å². The third kappa shape index (κ3) is 3.47. The van der Waals surface area contributed by atoms with Crippen molar-refractivity contribution in [1.29, 1.82) is 0 Å². The number of ether oxygens (including phenoxy) is 1. The Hall–Kier alpha value is -2.10. The smallest absolute Gasteiger partial charge is 0.224 e. The number of benzene rings is 1. The maximum atomic E-state index is 5.74. The van der Waals surface area contributed by atoms with Crippen LogP contribution in [0.5, 0.6) is 11.6 Å². The van der Waals surface area contributed by atoms with E-state index in [1.54, 1.807) is 6.07 Å². The first kappa shape index (κ1) is 14.3. The fourth-order valence-corrected chi connectivity index (χ4v) is 1.85. The lowest BCUT2D eigenvalue weighted by molar-refractivity contribution is 0.458. The lowest BCUT2D eigenvalue weighted by atomic mass is 9.87. The molecule has 0 aliphatic rings. The van der Waals surface area contributed by atoms with Crippen molar-refractivity contribution in [2.24, 2.45) is 0 Å². The van der Waals surface area contributed by atoms with E-state index < -0.39 is 0 Å². The first-order chi connectivity index (χ1) is 9.38. The van der Waals surface area contributed by atoms with Gasteiger partial charge in [-0.2, -0.15) is 4.98 Å². The van der Waals surface area contributed by atoms with Crippen LogP contribution in [0.2, 0.25) is 0 Å². The molecule has 0 amide bonds. The number of aryl methyl sites for hydroxylation is 1. The third-order valence-electron chi connectivity index (χ3n) is 3.03. The Morgan fingerprint density at radius 2 is 1.75 bits per heavy atom. The standard InChI is InChI=1S/C16H21N3O/c1-5-14-18-13(17)10-15(19-14)20-12-8-6-11(7-9-12)16(2,3)4/h6-10H,5H2,1-4H3,(H2,17,18,19). The van der Waals surface area contributed by atoms with Gasteiger partial charge < -0.3 is 10.5 Å². The van der Waals surface area contributed by atoms with Crippen molar-refractivity contribution < 1.29 is 4.74 Å². The van der Waals surface area contributed by atoms with Crippen LogP contribution in [0.4, 0.5) is 5.82 Å². The Kier molecular flexibility index (Phi) is 3.93. The summed E-state index contributed by atoms with van der Waals surface area (Å²) in [5.74, 6) is 2.35. The lowest BCUT2D eigenvalue weighted by Crippen LogP contribution is -2.10. The van der Waals surface area contributed by atoms with Gasteiger partial charge in [-0.3, -0.25) is 0 Å². The van der Waals surface area contributed by atoms with Crippen LogP contribution in [0.1, 0.15) is 39.1 Å². The SMILES string of the molecule is CCc1nc(N)cc(Oc2ccc(C(C)(C)C)cc2)n1. The van der Waals surface area contributed by atoms with Crippen LogP contribution in [-0.2, 0) is 11.8 Å². The highest BCUT2D eigenvalue weighted by Gasteiger charge is 2.13. The fourth-order valence-electron chi connectivity index (χ4n) is 1.85. The van der Waals surface area contributed by atoms with Crippen LogP contribution >= 0.6 is 0 Å². The fraction of sp³-hybridized carbons (Fsp3) is 0.375. The van der Waals surface area contributed by atoms with Gasteiger partial charge in [0.2, 0.25) is 5.88 Å². The van der Waals surface area contributed by atoms with Gasteiger partial charge in [0.05, 0.1) is 0 Å². The number of aromatic nitrogens is 2. The van der Waals surface area contributed by atoms with Gasteiger partial charge in [0.15, 0.2) is 0 Å². The number of nitrogens with two attached hydrogens (primary N) is 1. The van der Waals surface area contributed by atoms with E-state index in [9.17, 15) is 0 Å². The summed E-state index contributed by atoms with van der Waals surface area (Å²) in [6, 6.07) is 9.67. The molecule has 4 nitrogen and oxygen atoms in total. The Morgan fingerprint density at radius 3 is 2.30 bits per heavy atom. The molecule has 4 heteroatoms. The molecule has 0 saturated heterocycles. The first-order valence-corrected chi connectivity index (χ1v) is 6.80. The highest BCUT2D eigenvalue weighted by Crippen LogP contribution is 2.26. The molecular weight excluding hydrogens is 250 g/mol. The van der Waals surface area contributed by atoms with Crippen LogP contribution in [0, 0.1) is 0 Å². The number of hydrogen-bond donors (Lipinski definition) is 1. The van der Waals surface area contributed by atoms with Gasteiger partial charge >= 0.3 is 0 Å². The zero-order chi connectivity index (χ0) is 14.8. The summed E-state index contributed by atoms with van der Waals surface area (Å²) < 4.78 is 5.74. The number of nitrogen functional groups attached to an aromatic ring is 1. The number of hydrogen-bond acceptors (Lipinski definition) is 4. The van der Waals surface area contributed by atoms with E-state index in [1.165, 1.54) is 5.56 Å². The average molecular weight is 271 g/mol. The van der Waals surface area contributed by atoms with E-state index >= 15 is 0 Å². The molecule has 2 rings (SSSR count). The summed E-state index contributed by atoms with van der Waals surface area (Å²) >= 11 is 0. The minimum absolute atomic E-state index is 0.132. The molecule has 0 atom stereocenters. The molecule has 0 saturated carbocycles. The Morgan fingerprint density at radius 1 is 1.10 bits per heavy atom. The van der Waals surface area contributed by atoms with Crippen LogP contribution < -0.4 is 10.5 Å². The summed E-state index contributed by atoms with van der Waals surface area (Å²) in [6.45, 7) is 8.53. The molecule has 0 aliphatic carbocycles. The maximum absolute atomic E-state index is 5.74. The minimum Gasteiger partial charge on any atom is -0.439 e. The molecule has 2 aromatic rings. The second-order valence-electron chi connectivity index (χ2n) is 5.78. The van der Waals surface area contributed by atoms with Gasteiger partial charge in [-0.25, -0.2) is 4.98 Å². The highest BCUT2D eigenvalue weighted by molar-refractivity contribution is 5.37. The predicted octanol–water partition coefficient (Wildman–Crippen LogP) is 3.71. The molecule has 0 radical (unpaired) electrons. The summed E-state index contributed by atoms with van der Waals surface area (Å²) in [4.78, 5) is 8.43. The second kappa shape index (κ2) is 5.49. The zero-order valence-corrected chi connectivity index (χ0v) is 12.5. The normalized spacial score (nSPS) is 11.4. The van der Waals surface area contributed by atoms with Gasteiger partial charge in [0, 0.05) is 12.5 Å². The zero-order valence-electron chi connectivity index (χ0n) is 12.5. The minimum atomic E-state index is 0.132. The monoisotopic (exact) mass is 271 g/mol. The molecule has 1 heterocycles. The van der Waals surface area contributed by atoms with Crippen molar-refractivity contribution in [3.63, 3.8) is 0 Å². The summed E-state index contributed by atoms with van der Waals surface area (Å²) in [5.41, 5.74) is 7.14. The van der Waals surface area contributed by atoms with Crippen molar-refractivity contribution in [3.05, 3.63) is 41.7 Å². The second-order valence-corrected chi connectivity index (χ2v) is 5.78. The quantitative estimate of drug-likeness (QED) is 0.924. The Labute approximate surface area is 120 Å². The van der Waals surface area contributed by atoms with Crippen molar-refractivity contribution in [2.45, 2.75) is 39.5 Å². The predicted molar refractivity (Wildman–Crippen MR) is 81.0 cm³/mol. The lowest BCUT2D eigenvalue weighted by Gasteiger charge is -2.19. The van der Waals surface area contributed by atoms with E-state index in [4.69, 9.17) is 10.5 Å². The molecule has 0 aliphatic heterocycles. The van der Waals surface area contributed by atoms with Gasteiger partial charge in [-0.05, 0) is 23.1 Å². The number of rotatable bonds is 3. The van der Waals surface area contributed by atoms with Crippen LogP contribution in [0.3, 0.4) is 0 Å². The molecular formula is C16H21N3O. The molecule has 1 aromatic carbocycles. The molecule has 0 unspecified atom stereocenters. The third-order valence-corrected chi connectivity index (χ3v) is 3.03. The maximum Gasteiger partial charge on any atom is 0.224 e. The molecule has 0 spiro atoms. The molecule has 0 bridgehead atoms. The first-order valence-electron chi connectivity index (χ1n) is 6.80. The van der Waals surface area contributed by atoms with Crippen LogP contribution in [0.25, 0.3) is 0 Å². The Balaban J connectivity index is 2.20.